The maximum atomic E-state index is 11.2. The van der Waals surface area contributed by atoms with Gasteiger partial charge in [-0.2, -0.15) is 11.8 Å². The van der Waals surface area contributed by atoms with Gasteiger partial charge in [0.25, 0.3) is 0 Å². The van der Waals surface area contributed by atoms with E-state index in [1.807, 2.05) is 11.8 Å². The molecule has 5 N–H and O–H groups in total. The van der Waals surface area contributed by atoms with Crippen LogP contribution in [0.5, 0.6) is 0 Å². The summed E-state index contributed by atoms with van der Waals surface area (Å²) in [6.07, 6.45) is 5.79. The lowest BCUT2D eigenvalue weighted by atomic mass is 9.84. The highest BCUT2D eigenvalue weighted by Gasteiger charge is 2.35. The second-order valence-corrected chi connectivity index (χ2v) is 7.72. The van der Waals surface area contributed by atoms with Crippen molar-refractivity contribution in [1.82, 2.24) is 0 Å². The summed E-state index contributed by atoms with van der Waals surface area (Å²) in [4.78, 5) is 0.0405. The van der Waals surface area contributed by atoms with Crippen LogP contribution in [0.3, 0.4) is 0 Å². The molecule has 0 atom stereocenters. The van der Waals surface area contributed by atoms with E-state index in [9.17, 15) is 8.42 Å². The van der Waals surface area contributed by atoms with Crippen LogP contribution >= 0.6 is 11.8 Å². The lowest BCUT2D eigenvalue weighted by Crippen LogP contribution is -2.40. The van der Waals surface area contributed by atoms with Gasteiger partial charge in [0.2, 0.25) is 10.0 Å². The predicted octanol–water partition coefficient (Wildman–Crippen LogP) is 1.61. The van der Waals surface area contributed by atoms with Crippen LogP contribution in [-0.2, 0) is 10.0 Å². The van der Waals surface area contributed by atoms with Crippen LogP contribution in [0.2, 0.25) is 0 Å². The van der Waals surface area contributed by atoms with Crippen molar-refractivity contribution >= 4 is 33.2 Å². The van der Waals surface area contributed by atoms with Crippen molar-refractivity contribution in [3.8, 4) is 0 Å². The molecule has 0 heterocycles. The van der Waals surface area contributed by atoms with Gasteiger partial charge in [-0.1, -0.05) is 6.42 Å². The highest BCUT2D eigenvalue weighted by Crippen LogP contribution is 2.43. The van der Waals surface area contributed by atoms with E-state index in [-0.39, 0.29) is 4.90 Å². The fourth-order valence-electron chi connectivity index (χ4n) is 2.16. The molecule has 1 aliphatic carbocycles. The first-order chi connectivity index (χ1) is 8.86. The maximum absolute atomic E-state index is 11.2. The number of hydrogen-bond donors (Lipinski definition) is 3. The Morgan fingerprint density at radius 2 is 2.11 bits per heavy atom. The van der Waals surface area contributed by atoms with Gasteiger partial charge < -0.3 is 11.1 Å². The molecule has 106 valence electrons. The highest BCUT2D eigenvalue weighted by molar-refractivity contribution is 8.00. The number of sulfonamides is 1. The van der Waals surface area contributed by atoms with Gasteiger partial charge in [-0.05, 0) is 37.3 Å². The zero-order valence-corrected chi connectivity index (χ0v) is 12.5. The Kier molecular flexibility index (Phi) is 3.98. The number of rotatable bonds is 5. The SMILES string of the molecule is CSC1(CNc2ccc(S(N)(=O)=O)cc2N)CCC1. The molecule has 1 saturated carbocycles. The number of primary sulfonamides is 1. The molecule has 0 amide bonds. The molecule has 1 aliphatic rings. The number of nitrogens with one attached hydrogen (secondary N) is 1. The minimum absolute atomic E-state index is 0.0405. The zero-order chi connectivity index (χ0) is 14.1. The van der Waals surface area contributed by atoms with Crippen LogP contribution in [0.4, 0.5) is 11.4 Å². The van der Waals surface area contributed by atoms with Crippen molar-refractivity contribution < 1.29 is 8.42 Å². The molecular formula is C12H19N3O2S2. The number of anilines is 2. The molecule has 0 aliphatic heterocycles. The van der Waals surface area contributed by atoms with Crippen molar-refractivity contribution in [2.24, 2.45) is 5.14 Å². The lowest BCUT2D eigenvalue weighted by Gasteiger charge is -2.40. The van der Waals surface area contributed by atoms with Gasteiger partial charge >= 0.3 is 0 Å². The number of hydrogen-bond acceptors (Lipinski definition) is 5. The summed E-state index contributed by atoms with van der Waals surface area (Å²) in [6.45, 7) is 0.840. The fraction of sp³-hybridized carbons (Fsp3) is 0.500. The zero-order valence-electron chi connectivity index (χ0n) is 10.8. The average molecular weight is 301 g/mol. The summed E-state index contributed by atoms with van der Waals surface area (Å²) in [6, 6.07) is 4.53. The Balaban J connectivity index is 2.10. The molecule has 7 heteroatoms. The predicted molar refractivity (Wildman–Crippen MR) is 80.8 cm³/mol. The van der Waals surface area contributed by atoms with Crippen LogP contribution in [0.1, 0.15) is 19.3 Å². The number of benzene rings is 1. The Labute approximate surface area is 118 Å². The normalized spacial score (nSPS) is 17.8. The van der Waals surface area contributed by atoms with Crippen molar-refractivity contribution in [3.05, 3.63) is 18.2 Å². The third-order valence-corrected chi connectivity index (χ3v) is 5.98. The Morgan fingerprint density at radius 1 is 1.42 bits per heavy atom. The van der Waals surface area contributed by atoms with Gasteiger partial charge in [-0.3, -0.25) is 0 Å². The van der Waals surface area contributed by atoms with E-state index >= 15 is 0 Å². The molecule has 0 unspecified atom stereocenters. The topological polar surface area (TPSA) is 98.2 Å². The smallest absolute Gasteiger partial charge is 0.238 e. The number of thioether (sulfide) groups is 1. The van der Waals surface area contributed by atoms with Crippen molar-refractivity contribution in [2.75, 3.05) is 23.9 Å². The first-order valence-corrected chi connectivity index (χ1v) is 8.85. The first-order valence-electron chi connectivity index (χ1n) is 6.08. The largest absolute Gasteiger partial charge is 0.397 e. The van der Waals surface area contributed by atoms with Crippen LogP contribution < -0.4 is 16.2 Å². The minimum Gasteiger partial charge on any atom is -0.397 e. The van der Waals surface area contributed by atoms with Crippen LogP contribution in [0, 0.1) is 0 Å². The molecule has 0 spiro atoms. The summed E-state index contributed by atoms with van der Waals surface area (Å²) in [5.74, 6) is 0. The van der Waals surface area contributed by atoms with Crippen molar-refractivity contribution in [2.45, 2.75) is 28.9 Å². The summed E-state index contributed by atoms with van der Waals surface area (Å²) in [5.41, 5.74) is 7.02. The highest BCUT2D eigenvalue weighted by atomic mass is 32.2. The Bertz CT molecular complexity index is 563. The summed E-state index contributed by atoms with van der Waals surface area (Å²) in [7, 11) is -3.70. The maximum Gasteiger partial charge on any atom is 0.238 e. The molecule has 5 nitrogen and oxygen atoms in total. The van der Waals surface area contributed by atoms with E-state index < -0.39 is 10.0 Å². The van der Waals surface area contributed by atoms with E-state index in [0.717, 1.165) is 12.2 Å². The second kappa shape index (κ2) is 5.22. The summed E-state index contributed by atoms with van der Waals surface area (Å²) < 4.78 is 22.7. The first kappa shape index (κ1) is 14.5. The van der Waals surface area contributed by atoms with Gasteiger partial charge in [-0.25, -0.2) is 13.6 Å². The van der Waals surface area contributed by atoms with E-state index in [0.29, 0.717) is 10.4 Å². The second-order valence-electron chi connectivity index (χ2n) is 4.89. The van der Waals surface area contributed by atoms with Crippen molar-refractivity contribution in [1.29, 1.82) is 0 Å². The van der Waals surface area contributed by atoms with Gasteiger partial charge in [0.05, 0.1) is 16.3 Å². The molecule has 0 aromatic heterocycles. The molecule has 0 saturated heterocycles. The molecule has 1 aromatic rings. The molecule has 0 bridgehead atoms. The third-order valence-electron chi connectivity index (χ3n) is 3.65. The van der Waals surface area contributed by atoms with Crippen LogP contribution in [-0.4, -0.2) is 26.0 Å². The minimum atomic E-state index is -3.70. The molecule has 0 radical (unpaired) electrons. The molecule has 19 heavy (non-hydrogen) atoms. The Morgan fingerprint density at radius 3 is 2.53 bits per heavy atom. The van der Waals surface area contributed by atoms with Crippen molar-refractivity contribution in [3.63, 3.8) is 0 Å². The van der Waals surface area contributed by atoms with E-state index in [4.69, 9.17) is 10.9 Å². The quantitative estimate of drug-likeness (QED) is 0.718. The molecule has 1 fully saturated rings. The van der Waals surface area contributed by atoms with Gasteiger partial charge in [0, 0.05) is 11.3 Å². The monoisotopic (exact) mass is 301 g/mol. The average Bonchev–Trinajstić information content (AvgIpc) is 2.28. The van der Waals surface area contributed by atoms with Crippen LogP contribution in [0.25, 0.3) is 0 Å². The number of nitrogens with two attached hydrogens (primary N) is 2. The van der Waals surface area contributed by atoms with Crippen LogP contribution in [0.15, 0.2) is 23.1 Å². The van der Waals surface area contributed by atoms with Gasteiger partial charge in [0.15, 0.2) is 0 Å². The van der Waals surface area contributed by atoms with E-state index in [2.05, 4.69) is 11.6 Å². The van der Waals surface area contributed by atoms with E-state index in [1.54, 1.807) is 6.07 Å². The standard InChI is InChI=1S/C12H19N3O2S2/c1-18-12(5-2-6-12)8-15-11-4-3-9(7-10(11)13)19(14,16)17/h3-4,7,15H,2,5-6,8,13H2,1H3,(H2,14,16,17). The molecule has 1 aromatic carbocycles. The summed E-state index contributed by atoms with van der Waals surface area (Å²) in [5, 5.41) is 8.37. The number of nitrogen functional groups attached to an aromatic ring is 1. The Hall–Kier alpha value is -0.920. The van der Waals surface area contributed by atoms with Gasteiger partial charge in [-0.15, -0.1) is 0 Å². The fourth-order valence-corrected chi connectivity index (χ4v) is 3.62. The van der Waals surface area contributed by atoms with E-state index in [1.165, 1.54) is 31.4 Å². The van der Waals surface area contributed by atoms with Gasteiger partial charge in [0.1, 0.15) is 0 Å². The summed E-state index contributed by atoms with van der Waals surface area (Å²) >= 11 is 1.87. The molecule has 2 rings (SSSR count). The lowest BCUT2D eigenvalue weighted by molar-refractivity contribution is 0.380. The molecular weight excluding hydrogens is 282 g/mol. The third kappa shape index (κ3) is 3.16.